The molecule has 1 unspecified atom stereocenters. The predicted molar refractivity (Wildman–Crippen MR) is 80.3 cm³/mol. The van der Waals surface area contributed by atoms with Gasteiger partial charge in [0, 0.05) is 49.9 Å². The van der Waals surface area contributed by atoms with Crippen molar-refractivity contribution in [1.82, 2.24) is 9.80 Å². The maximum absolute atomic E-state index is 12.4. The molecule has 21 heavy (non-hydrogen) atoms. The van der Waals surface area contributed by atoms with E-state index in [1.807, 2.05) is 4.90 Å². The molecule has 1 aromatic rings. The molecule has 2 rings (SSSR count). The van der Waals surface area contributed by atoms with Crippen molar-refractivity contribution in [2.24, 2.45) is 0 Å². The number of nitro groups is 1. The number of non-ortho nitro benzene ring substituents is 1. The molecule has 1 saturated heterocycles. The summed E-state index contributed by atoms with van der Waals surface area (Å²) in [6, 6.07) is 6.36. The molecule has 1 atom stereocenters. The van der Waals surface area contributed by atoms with Gasteiger partial charge in [-0.15, -0.1) is 0 Å². The van der Waals surface area contributed by atoms with E-state index >= 15 is 0 Å². The number of nitro benzene ring substituents is 1. The highest BCUT2D eigenvalue weighted by atomic mass is 16.6. The molecule has 1 amide bonds. The third-order valence-corrected chi connectivity index (χ3v) is 4.14. The van der Waals surface area contributed by atoms with Gasteiger partial charge in [-0.3, -0.25) is 19.8 Å². The fourth-order valence-corrected chi connectivity index (χ4v) is 2.53. The van der Waals surface area contributed by atoms with E-state index in [0.29, 0.717) is 24.7 Å². The molecule has 0 bridgehead atoms. The van der Waals surface area contributed by atoms with Gasteiger partial charge in [-0.05, 0) is 25.5 Å². The van der Waals surface area contributed by atoms with Crippen molar-refractivity contribution in [3.63, 3.8) is 0 Å². The third kappa shape index (κ3) is 3.58. The molecule has 1 heterocycles. The van der Waals surface area contributed by atoms with Gasteiger partial charge in [0.25, 0.3) is 11.6 Å². The monoisotopic (exact) mass is 291 g/mol. The Morgan fingerprint density at radius 2 is 1.81 bits per heavy atom. The van der Waals surface area contributed by atoms with E-state index in [2.05, 4.69) is 18.7 Å². The summed E-state index contributed by atoms with van der Waals surface area (Å²) in [5, 5.41) is 10.6. The van der Waals surface area contributed by atoms with E-state index in [4.69, 9.17) is 0 Å². The van der Waals surface area contributed by atoms with E-state index in [1.54, 1.807) is 0 Å². The van der Waals surface area contributed by atoms with Crippen molar-refractivity contribution >= 4 is 11.6 Å². The van der Waals surface area contributed by atoms with Crippen LogP contribution in [-0.4, -0.2) is 52.9 Å². The first-order valence-corrected chi connectivity index (χ1v) is 7.30. The highest BCUT2D eigenvalue weighted by molar-refractivity contribution is 5.94. The number of nitrogens with zero attached hydrogens (tertiary/aromatic N) is 3. The first-order valence-electron chi connectivity index (χ1n) is 7.30. The Morgan fingerprint density at radius 1 is 1.24 bits per heavy atom. The molecule has 114 valence electrons. The number of carbonyl (C=O) groups is 1. The fraction of sp³-hybridized carbons (Fsp3) is 0.533. The second-order valence-corrected chi connectivity index (χ2v) is 5.39. The summed E-state index contributed by atoms with van der Waals surface area (Å²) >= 11 is 0. The van der Waals surface area contributed by atoms with Crippen LogP contribution in [0.3, 0.4) is 0 Å². The zero-order valence-electron chi connectivity index (χ0n) is 12.5. The fourth-order valence-electron chi connectivity index (χ4n) is 2.53. The van der Waals surface area contributed by atoms with Crippen LogP contribution in [0.4, 0.5) is 5.69 Å². The summed E-state index contributed by atoms with van der Waals surface area (Å²) in [4.78, 5) is 26.7. The molecular formula is C15H21N3O3. The van der Waals surface area contributed by atoms with Gasteiger partial charge < -0.3 is 4.90 Å². The van der Waals surface area contributed by atoms with Crippen LogP contribution < -0.4 is 0 Å². The molecule has 0 aliphatic carbocycles. The highest BCUT2D eigenvalue weighted by Gasteiger charge is 2.24. The smallest absolute Gasteiger partial charge is 0.269 e. The first kappa shape index (κ1) is 15.4. The Bertz CT molecular complexity index is 507. The lowest BCUT2D eigenvalue weighted by molar-refractivity contribution is -0.384. The van der Waals surface area contributed by atoms with Crippen molar-refractivity contribution in [3.05, 3.63) is 39.9 Å². The molecule has 0 saturated carbocycles. The van der Waals surface area contributed by atoms with Crippen LogP contribution in [0.2, 0.25) is 0 Å². The lowest BCUT2D eigenvalue weighted by Gasteiger charge is -2.37. The molecule has 1 aliphatic heterocycles. The van der Waals surface area contributed by atoms with E-state index in [-0.39, 0.29) is 11.6 Å². The molecular weight excluding hydrogens is 270 g/mol. The maximum atomic E-state index is 12.4. The molecule has 0 spiro atoms. The average molecular weight is 291 g/mol. The van der Waals surface area contributed by atoms with Gasteiger partial charge in [-0.25, -0.2) is 0 Å². The Morgan fingerprint density at radius 3 is 2.29 bits per heavy atom. The van der Waals surface area contributed by atoms with Crippen LogP contribution in [0.15, 0.2) is 24.3 Å². The van der Waals surface area contributed by atoms with Gasteiger partial charge >= 0.3 is 0 Å². The minimum absolute atomic E-state index is 0.00754. The van der Waals surface area contributed by atoms with E-state index in [9.17, 15) is 14.9 Å². The lowest BCUT2D eigenvalue weighted by Crippen LogP contribution is -2.51. The highest BCUT2D eigenvalue weighted by Crippen LogP contribution is 2.15. The average Bonchev–Trinajstić information content (AvgIpc) is 2.53. The largest absolute Gasteiger partial charge is 0.336 e. The normalized spacial score (nSPS) is 17.5. The minimum Gasteiger partial charge on any atom is -0.336 e. The number of hydrogen-bond acceptors (Lipinski definition) is 4. The molecule has 0 N–H and O–H groups in total. The zero-order valence-corrected chi connectivity index (χ0v) is 12.5. The van der Waals surface area contributed by atoms with Crippen LogP contribution in [0.25, 0.3) is 0 Å². The minimum atomic E-state index is -0.459. The number of carbonyl (C=O) groups excluding carboxylic acids is 1. The van der Waals surface area contributed by atoms with Gasteiger partial charge in [0.1, 0.15) is 0 Å². The Hall–Kier alpha value is -1.95. The topological polar surface area (TPSA) is 66.7 Å². The van der Waals surface area contributed by atoms with Gasteiger partial charge in [-0.2, -0.15) is 0 Å². The van der Waals surface area contributed by atoms with Crippen LogP contribution in [-0.2, 0) is 0 Å². The Labute approximate surface area is 124 Å². The molecule has 6 nitrogen and oxygen atoms in total. The standard InChI is InChI=1S/C15H21N3O3/c1-3-12(2)16-8-10-17(11-9-16)15(19)13-4-6-14(7-5-13)18(20)21/h4-7,12H,3,8-11H2,1-2H3. The van der Waals surface area contributed by atoms with Gasteiger partial charge in [0.2, 0.25) is 0 Å². The quantitative estimate of drug-likeness (QED) is 0.629. The van der Waals surface area contributed by atoms with Crippen LogP contribution >= 0.6 is 0 Å². The molecule has 1 fully saturated rings. The summed E-state index contributed by atoms with van der Waals surface area (Å²) in [7, 11) is 0. The van der Waals surface area contributed by atoms with Crippen molar-refractivity contribution in [1.29, 1.82) is 0 Å². The lowest BCUT2D eigenvalue weighted by atomic mass is 10.1. The summed E-state index contributed by atoms with van der Waals surface area (Å²) in [5.74, 6) is -0.0475. The number of benzene rings is 1. The van der Waals surface area contributed by atoms with E-state index in [0.717, 1.165) is 19.5 Å². The molecule has 0 aromatic heterocycles. The van der Waals surface area contributed by atoms with Crippen LogP contribution in [0.5, 0.6) is 0 Å². The first-order chi connectivity index (χ1) is 10.0. The second kappa shape index (κ2) is 6.67. The number of rotatable bonds is 4. The van der Waals surface area contributed by atoms with Crippen molar-refractivity contribution in [3.8, 4) is 0 Å². The Balaban J connectivity index is 1.97. The number of amides is 1. The van der Waals surface area contributed by atoms with E-state index < -0.39 is 4.92 Å². The molecule has 0 radical (unpaired) electrons. The van der Waals surface area contributed by atoms with Crippen molar-refractivity contribution < 1.29 is 9.72 Å². The van der Waals surface area contributed by atoms with E-state index in [1.165, 1.54) is 24.3 Å². The summed E-state index contributed by atoms with van der Waals surface area (Å²) < 4.78 is 0. The molecule has 6 heteroatoms. The summed E-state index contributed by atoms with van der Waals surface area (Å²) in [6.45, 7) is 7.55. The van der Waals surface area contributed by atoms with Crippen LogP contribution in [0.1, 0.15) is 30.6 Å². The predicted octanol–water partition coefficient (Wildman–Crippen LogP) is 2.15. The van der Waals surface area contributed by atoms with Gasteiger partial charge in [0.05, 0.1) is 4.92 Å². The maximum Gasteiger partial charge on any atom is 0.269 e. The van der Waals surface area contributed by atoms with Crippen LogP contribution in [0, 0.1) is 10.1 Å². The van der Waals surface area contributed by atoms with Gasteiger partial charge in [0.15, 0.2) is 0 Å². The van der Waals surface area contributed by atoms with Crippen molar-refractivity contribution in [2.75, 3.05) is 26.2 Å². The van der Waals surface area contributed by atoms with Gasteiger partial charge in [-0.1, -0.05) is 6.92 Å². The number of hydrogen-bond donors (Lipinski definition) is 0. The van der Waals surface area contributed by atoms with Crippen molar-refractivity contribution in [2.45, 2.75) is 26.3 Å². The summed E-state index contributed by atoms with van der Waals surface area (Å²) in [6.07, 6.45) is 1.11. The SMILES string of the molecule is CCC(C)N1CCN(C(=O)c2ccc([N+](=O)[O-])cc2)CC1. The summed E-state index contributed by atoms with van der Waals surface area (Å²) in [5.41, 5.74) is 0.519. The third-order valence-electron chi connectivity index (χ3n) is 4.14. The molecule has 1 aliphatic rings. The second-order valence-electron chi connectivity index (χ2n) is 5.39. The molecule has 1 aromatic carbocycles. The number of piperazine rings is 1. The zero-order chi connectivity index (χ0) is 15.4. The Kier molecular flexibility index (Phi) is 4.90.